The van der Waals surface area contributed by atoms with Crippen molar-refractivity contribution in [3.8, 4) is 0 Å². The number of amides is 2. The summed E-state index contributed by atoms with van der Waals surface area (Å²) < 4.78 is 0.355. The smallest absolute Gasteiger partial charge is 0.305 e. The summed E-state index contributed by atoms with van der Waals surface area (Å²) in [6.07, 6.45) is 1.91. The Morgan fingerprint density at radius 3 is 2.79 bits per heavy atom. The summed E-state index contributed by atoms with van der Waals surface area (Å²) in [4.78, 5) is 46.6. The molecule has 0 saturated carbocycles. The van der Waals surface area contributed by atoms with Crippen molar-refractivity contribution in [2.45, 2.75) is 19.3 Å². The number of carboxylic acid groups (broad SMARTS) is 1. The van der Waals surface area contributed by atoms with Crippen LogP contribution in [0.4, 0.5) is 5.69 Å². The van der Waals surface area contributed by atoms with E-state index in [4.69, 9.17) is 17.3 Å². The van der Waals surface area contributed by atoms with Crippen molar-refractivity contribution in [2.75, 3.05) is 13.1 Å². The first-order valence-electron chi connectivity index (χ1n) is 8.26. The summed E-state index contributed by atoms with van der Waals surface area (Å²) >= 11 is 6.31. The van der Waals surface area contributed by atoms with Crippen LogP contribution < -0.4 is 5.32 Å². The van der Waals surface area contributed by atoms with Gasteiger partial charge in [0.1, 0.15) is 4.32 Å². The van der Waals surface area contributed by atoms with Gasteiger partial charge in [-0.3, -0.25) is 29.4 Å². The van der Waals surface area contributed by atoms with Gasteiger partial charge < -0.3 is 10.4 Å². The summed E-state index contributed by atoms with van der Waals surface area (Å²) in [5.74, 6) is -1.60. The van der Waals surface area contributed by atoms with Crippen LogP contribution in [-0.4, -0.2) is 50.1 Å². The van der Waals surface area contributed by atoms with Gasteiger partial charge >= 0.3 is 5.97 Å². The Bertz CT molecular complexity index is 855. The van der Waals surface area contributed by atoms with Crippen LogP contribution in [0.2, 0.25) is 0 Å². The number of thioether (sulfide) groups is 1. The van der Waals surface area contributed by atoms with Gasteiger partial charge in [-0.15, -0.1) is 0 Å². The SMILES string of the molecule is O=C(O)CCNC(=O)CCCN1C(=O)/C(=C/c2cccc([N+](=O)[O-])c2)SC1=S. The number of carbonyl (C=O) groups is 3. The Morgan fingerprint density at radius 2 is 2.11 bits per heavy atom. The Hall–Kier alpha value is -2.79. The third-order valence-electron chi connectivity index (χ3n) is 3.70. The van der Waals surface area contributed by atoms with Gasteiger partial charge in [-0.25, -0.2) is 0 Å². The minimum absolute atomic E-state index is 0.0567. The van der Waals surface area contributed by atoms with Gasteiger partial charge in [-0.1, -0.05) is 36.1 Å². The summed E-state index contributed by atoms with van der Waals surface area (Å²) in [6.45, 7) is 0.310. The molecular formula is C17H17N3O6S2. The molecule has 1 aliphatic heterocycles. The van der Waals surface area contributed by atoms with E-state index in [1.807, 2.05) is 0 Å². The van der Waals surface area contributed by atoms with Crippen molar-refractivity contribution in [1.29, 1.82) is 0 Å². The minimum atomic E-state index is -0.992. The second kappa shape index (κ2) is 9.95. The average Bonchev–Trinajstić information content (AvgIpc) is 2.89. The Balaban J connectivity index is 1.91. The molecule has 0 unspecified atom stereocenters. The molecule has 0 aliphatic carbocycles. The van der Waals surface area contributed by atoms with Crippen molar-refractivity contribution in [1.82, 2.24) is 10.2 Å². The molecule has 1 aliphatic rings. The fourth-order valence-electron chi connectivity index (χ4n) is 2.37. The van der Waals surface area contributed by atoms with Crippen LogP contribution in [0.5, 0.6) is 0 Å². The summed E-state index contributed by atoms with van der Waals surface area (Å²) in [5.41, 5.74) is 0.450. The molecule has 148 valence electrons. The first-order valence-corrected chi connectivity index (χ1v) is 9.48. The number of benzene rings is 1. The highest BCUT2D eigenvalue weighted by molar-refractivity contribution is 8.26. The molecule has 2 N–H and O–H groups in total. The lowest BCUT2D eigenvalue weighted by molar-refractivity contribution is -0.384. The highest BCUT2D eigenvalue weighted by Crippen LogP contribution is 2.33. The third-order valence-corrected chi connectivity index (χ3v) is 5.08. The van der Waals surface area contributed by atoms with Crippen LogP contribution in [0.3, 0.4) is 0 Å². The van der Waals surface area contributed by atoms with Gasteiger partial charge in [-0.05, 0) is 18.1 Å². The third kappa shape index (κ3) is 6.13. The zero-order valence-corrected chi connectivity index (χ0v) is 16.3. The zero-order chi connectivity index (χ0) is 20.7. The van der Waals surface area contributed by atoms with Crippen molar-refractivity contribution < 1.29 is 24.4 Å². The lowest BCUT2D eigenvalue weighted by Crippen LogP contribution is -2.31. The van der Waals surface area contributed by atoms with E-state index in [0.717, 1.165) is 11.8 Å². The molecule has 0 spiro atoms. The lowest BCUT2D eigenvalue weighted by atomic mass is 10.2. The number of hydrogen-bond acceptors (Lipinski definition) is 7. The standard InChI is InChI=1S/C17H17N3O6S2/c21-14(18-7-6-15(22)23)5-2-8-19-16(24)13(28-17(19)27)10-11-3-1-4-12(9-11)20(25)26/h1,3-4,9-10H,2,5-8H2,(H,18,21)(H,22,23)/b13-10-. The lowest BCUT2D eigenvalue weighted by Gasteiger charge is -2.14. The molecule has 1 aromatic carbocycles. The van der Waals surface area contributed by atoms with Crippen molar-refractivity contribution in [2.24, 2.45) is 0 Å². The van der Waals surface area contributed by atoms with E-state index < -0.39 is 10.9 Å². The number of carboxylic acids is 1. The number of rotatable bonds is 9. The summed E-state index contributed by atoms with van der Waals surface area (Å²) in [5, 5.41) is 21.9. The van der Waals surface area contributed by atoms with Crippen LogP contribution in [0, 0.1) is 10.1 Å². The predicted octanol–water partition coefficient (Wildman–Crippen LogP) is 2.17. The van der Waals surface area contributed by atoms with E-state index >= 15 is 0 Å². The first kappa shape index (κ1) is 21.5. The minimum Gasteiger partial charge on any atom is -0.481 e. The van der Waals surface area contributed by atoms with Gasteiger partial charge in [0.25, 0.3) is 11.6 Å². The molecule has 0 aromatic heterocycles. The average molecular weight is 423 g/mol. The monoisotopic (exact) mass is 423 g/mol. The molecule has 1 fully saturated rings. The van der Waals surface area contributed by atoms with E-state index in [0.29, 0.717) is 21.2 Å². The number of carbonyl (C=O) groups excluding carboxylic acids is 2. The number of nitro groups is 1. The van der Waals surface area contributed by atoms with Gasteiger partial charge in [0, 0.05) is 31.6 Å². The van der Waals surface area contributed by atoms with Crippen molar-refractivity contribution in [3.05, 3.63) is 44.8 Å². The molecule has 1 heterocycles. The summed E-state index contributed by atoms with van der Waals surface area (Å²) in [6, 6.07) is 5.92. The highest BCUT2D eigenvalue weighted by atomic mass is 32.2. The maximum atomic E-state index is 12.5. The van der Waals surface area contributed by atoms with Crippen LogP contribution in [0.15, 0.2) is 29.2 Å². The molecule has 11 heteroatoms. The molecule has 2 rings (SSSR count). The number of nitrogens with zero attached hydrogens (tertiary/aromatic N) is 2. The number of nitrogens with one attached hydrogen (secondary N) is 1. The van der Waals surface area contributed by atoms with E-state index in [-0.39, 0.29) is 43.4 Å². The van der Waals surface area contributed by atoms with E-state index in [1.165, 1.54) is 23.1 Å². The van der Waals surface area contributed by atoms with Gasteiger partial charge in [0.15, 0.2) is 0 Å². The highest BCUT2D eigenvalue weighted by Gasteiger charge is 2.31. The predicted molar refractivity (Wildman–Crippen MR) is 107 cm³/mol. The normalized spacial score (nSPS) is 15.1. The maximum Gasteiger partial charge on any atom is 0.305 e. The fourth-order valence-corrected chi connectivity index (χ4v) is 3.68. The molecule has 0 radical (unpaired) electrons. The van der Waals surface area contributed by atoms with Gasteiger partial charge in [0.05, 0.1) is 16.2 Å². The van der Waals surface area contributed by atoms with Gasteiger partial charge in [0.2, 0.25) is 5.91 Å². The van der Waals surface area contributed by atoms with Crippen LogP contribution in [0.25, 0.3) is 6.08 Å². The number of nitro benzene ring substituents is 1. The largest absolute Gasteiger partial charge is 0.481 e. The second-order valence-corrected chi connectivity index (χ2v) is 7.46. The molecule has 2 amide bonds. The van der Waals surface area contributed by atoms with Crippen molar-refractivity contribution >= 4 is 57.8 Å². The van der Waals surface area contributed by atoms with E-state index in [1.54, 1.807) is 12.1 Å². The quantitative estimate of drug-likeness (QED) is 0.267. The molecule has 1 saturated heterocycles. The second-order valence-electron chi connectivity index (χ2n) is 5.78. The number of aliphatic carboxylic acids is 1. The molecule has 0 bridgehead atoms. The number of non-ortho nitro benzene ring substituents is 1. The van der Waals surface area contributed by atoms with Crippen LogP contribution in [0.1, 0.15) is 24.8 Å². The van der Waals surface area contributed by atoms with Crippen LogP contribution >= 0.6 is 24.0 Å². The Kier molecular flexibility index (Phi) is 7.64. The molecule has 0 atom stereocenters. The maximum absolute atomic E-state index is 12.5. The molecule has 9 nitrogen and oxygen atoms in total. The topological polar surface area (TPSA) is 130 Å². The Morgan fingerprint density at radius 1 is 1.36 bits per heavy atom. The van der Waals surface area contributed by atoms with E-state index in [9.17, 15) is 24.5 Å². The first-order chi connectivity index (χ1) is 13.3. The number of hydrogen-bond donors (Lipinski definition) is 2. The molecule has 28 heavy (non-hydrogen) atoms. The summed E-state index contributed by atoms with van der Waals surface area (Å²) in [7, 11) is 0. The van der Waals surface area contributed by atoms with Crippen LogP contribution in [-0.2, 0) is 14.4 Å². The zero-order valence-electron chi connectivity index (χ0n) is 14.6. The van der Waals surface area contributed by atoms with E-state index in [2.05, 4.69) is 5.32 Å². The molecule has 1 aromatic rings. The molecular weight excluding hydrogens is 406 g/mol. The Labute approximate surface area is 169 Å². The number of thiocarbonyl (C=S) groups is 1. The van der Waals surface area contributed by atoms with Gasteiger partial charge in [-0.2, -0.15) is 0 Å². The van der Waals surface area contributed by atoms with Crippen molar-refractivity contribution in [3.63, 3.8) is 0 Å². The fraction of sp³-hybridized carbons (Fsp3) is 0.294.